The normalized spacial score (nSPS) is 17.4. The Hall–Kier alpha value is -0.570. The van der Waals surface area contributed by atoms with Gasteiger partial charge in [0.2, 0.25) is 0 Å². The van der Waals surface area contributed by atoms with Gasteiger partial charge in [-0.25, -0.2) is 0 Å². The summed E-state index contributed by atoms with van der Waals surface area (Å²) in [5.74, 6) is 0.349. The van der Waals surface area contributed by atoms with E-state index in [2.05, 4.69) is 0 Å². The van der Waals surface area contributed by atoms with Crippen molar-refractivity contribution in [3.63, 3.8) is 0 Å². The van der Waals surface area contributed by atoms with E-state index >= 15 is 0 Å². The highest BCUT2D eigenvalue weighted by Crippen LogP contribution is 2.28. The molecule has 1 fully saturated rings. The maximum atomic E-state index is 10.4. The Balaban J connectivity index is 1.96. The van der Waals surface area contributed by atoms with E-state index in [1.807, 2.05) is 0 Å². The number of carbonyl (C=O) groups is 1. The third kappa shape index (κ3) is 2.46. The van der Waals surface area contributed by atoms with E-state index in [0.29, 0.717) is 12.5 Å². The van der Waals surface area contributed by atoms with Gasteiger partial charge >= 0.3 is 5.97 Å². The molecule has 0 atom stereocenters. The molecule has 0 heterocycles. The van der Waals surface area contributed by atoms with Crippen LogP contribution in [0.15, 0.2) is 0 Å². The molecule has 1 aliphatic carbocycles. The van der Waals surface area contributed by atoms with Gasteiger partial charge in [0.05, 0.1) is 13.2 Å². The fourth-order valence-corrected chi connectivity index (χ4v) is 0.554. The first-order chi connectivity index (χ1) is 4.33. The number of hydrogen-bond acceptors (Lipinski definition) is 3. The Labute approximate surface area is 54.2 Å². The number of ether oxygens (including phenoxy) is 1. The smallest absolute Gasteiger partial charge is 0.319 e. The molecule has 0 saturated heterocycles. The van der Waals surface area contributed by atoms with Gasteiger partial charge in [-0.15, -0.1) is 0 Å². The average molecular weight is 129 g/mol. The lowest BCUT2D eigenvalue weighted by molar-refractivity contribution is -0.142. The van der Waals surface area contributed by atoms with Gasteiger partial charge in [0.15, 0.2) is 0 Å². The summed E-state index contributed by atoms with van der Waals surface area (Å²) in [6, 6.07) is 0. The van der Waals surface area contributed by atoms with Gasteiger partial charge in [0.25, 0.3) is 0 Å². The predicted molar refractivity (Wildman–Crippen MR) is 32.7 cm³/mol. The van der Waals surface area contributed by atoms with E-state index in [4.69, 9.17) is 10.5 Å². The van der Waals surface area contributed by atoms with Crippen molar-refractivity contribution in [2.45, 2.75) is 12.8 Å². The standard InChI is InChI=1S/C6H11NO2/c7-3-6(8)9-4-5-1-2-5/h5H,1-4,7H2. The first kappa shape index (κ1) is 6.55. The SMILES string of the molecule is NCC(=O)OCC1CC1. The number of rotatable bonds is 3. The zero-order valence-electron chi connectivity index (χ0n) is 5.30. The van der Waals surface area contributed by atoms with Crippen molar-refractivity contribution in [3.05, 3.63) is 0 Å². The molecule has 0 bridgehead atoms. The van der Waals surface area contributed by atoms with E-state index in [1.54, 1.807) is 0 Å². The fourth-order valence-electron chi connectivity index (χ4n) is 0.554. The van der Waals surface area contributed by atoms with Crippen molar-refractivity contribution in [1.29, 1.82) is 0 Å². The van der Waals surface area contributed by atoms with Crippen LogP contribution in [0.5, 0.6) is 0 Å². The summed E-state index contributed by atoms with van der Waals surface area (Å²) in [5, 5.41) is 0. The minimum atomic E-state index is -0.290. The number of nitrogens with two attached hydrogens (primary N) is 1. The largest absolute Gasteiger partial charge is 0.464 e. The number of hydrogen-bond donors (Lipinski definition) is 1. The van der Waals surface area contributed by atoms with Crippen LogP contribution in [0.2, 0.25) is 0 Å². The summed E-state index contributed by atoms with van der Waals surface area (Å²) in [6.07, 6.45) is 2.41. The highest BCUT2D eigenvalue weighted by atomic mass is 16.5. The highest BCUT2D eigenvalue weighted by molar-refractivity contribution is 5.71. The van der Waals surface area contributed by atoms with E-state index in [0.717, 1.165) is 0 Å². The van der Waals surface area contributed by atoms with Crippen LogP contribution < -0.4 is 5.73 Å². The lowest BCUT2D eigenvalue weighted by Gasteiger charge is -1.98. The molecule has 3 nitrogen and oxygen atoms in total. The molecule has 0 aromatic heterocycles. The lowest BCUT2D eigenvalue weighted by atomic mass is 10.5. The summed E-state index contributed by atoms with van der Waals surface area (Å²) >= 11 is 0. The Morgan fingerprint density at radius 3 is 2.78 bits per heavy atom. The van der Waals surface area contributed by atoms with Gasteiger partial charge in [-0.1, -0.05) is 0 Å². The highest BCUT2D eigenvalue weighted by Gasteiger charge is 2.22. The van der Waals surface area contributed by atoms with Crippen LogP contribution >= 0.6 is 0 Å². The Morgan fingerprint density at radius 2 is 2.33 bits per heavy atom. The second-order valence-electron chi connectivity index (χ2n) is 2.33. The van der Waals surface area contributed by atoms with Gasteiger partial charge in [-0.05, 0) is 18.8 Å². The molecule has 52 valence electrons. The molecule has 0 spiro atoms. The van der Waals surface area contributed by atoms with Crippen LogP contribution in [-0.4, -0.2) is 19.1 Å². The van der Waals surface area contributed by atoms with Crippen LogP contribution in [0.1, 0.15) is 12.8 Å². The van der Waals surface area contributed by atoms with Crippen molar-refractivity contribution in [1.82, 2.24) is 0 Å². The zero-order chi connectivity index (χ0) is 6.69. The van der Waals surface area contributed by atoms with Crippen molar-refractivity contribution in [2.24, 2.45) is 11.7 Å². The molecule has 3 heteroatoms. The quantitative estimate of drug-likeness (QED) is 0.541. The molecule has 2 N–H and O–H groups in total. The van der Waals surface area contributed by atoms with E-state index < -0.39 is 0 Å². The second-order valence-corrected chi connectivity index (χ2v) is 2.33. The molecule has 0 aliphatic heterocycles. The van der Waals surface area contributed by atoms with Gasteiger partial charge < -0.3 is 10.5 Å². The number of esters is 1. The Bertz CT molecular complexity index is 110. The summed E-state index contributed by atoms with van der Waals surface area (Å²) in [4.78, 5) is 10.4. The molecule has 1 rings (SSSR count). The Morgan fingerprint density at radius 1 is 1.67 bits per heavy atom. The van der Waals surface area contributed by atoms with Crippen molar-refractivity contribution >= 4 is 5.97 Å². The first-order valence-electron chi connectivity index (χ1n) is 3.18. The maximum absolute atomic E-state index is 10.4. The van der Waals surface area contributed by atoms with Gasteiger partial charge in [0.1, 0.15) is 0 Å². The van der Waals surface area contributed by atoms with E-state index in [1.165, 1.54) is 12.8 Å². The molecule has 0 aromatic carbocycles. The van der Waals surface area contributed by atoms with Gasteiger partial charge in [0, 0.05) is 0 Å². The minimum absolute atomic E-state index is 0.00667. The fraction of sp³-hybridized carbons (Fsp3) is 0.833. The van der Waals surface area contributed by atoms with E-state index in [-0.39, 0.29) is 12.5 Å². The molecule has 9 heavy (non-hydrogen) atoms. The lowest BCUT2D eigenvalue weighted by Crippen LogP contribution is -2.17. The maximum Gasteiger partial charge on any atom is 0.319 e. The molecule has 1 aliphatic rings. The zero-order valence-corrected chi connectivity index (χ0v) is 5.30. The first-order valence-corrected chi connectivity index (χ1v) is 3.18. The molecule has 0 aromatic rings. The molecule has 0 amide bonds. The van der Waals surface area contributed by atoms with Crippen LogP contribution in [-0.2, 0) is 9.53 Å². The molecular weight excluding hydrogens is 118 g/mol. The average Bonchev–Trinajstić information content (AvgIpc) is 2.65. The third-order valence-corrected chi connectivity index (χ3v) is 1.34. The van der Waals surface area contributed by atoms with Crippen molar-refractivity contribution in [3.8, 4) is 0 Å². The Kier molecular flexibility index (Phi) is 2.05. The minimum Gasteiger partial charge on any atom is -0.464 e. The summed E-state index contributed by atoms with van der Waals surface area (Å²) in [7, 11) is 0. The molecular formula is C6H11NO2. The summed E-state index contributed by atoms with van der Waals surface area (Å²) in [6.45, 7) is 0.586. The van der Waals surface area contributed by atoms with Crippen LogP contribution in [0, 0.1) is 5.92 Å². The second kappa shape index (κ2) is 2.82. The van der Waals surface area contributed by atoms with Crippen LogP contribution in [0.3, 0.4) is 0 Å². The number of carbonyl (C=O) groups excluding carboxylic acids is 1. The molecule has 0 unspecified atom stereocenters. The van der Waals surface area contributed by atoms with Gasteiger partial charge in [-0.3, -0.25) is 4.79 Å². The monoisotopic (exact) mass is 129 g/mol. The topological polar surface area (TPSA) is 52.3 Å². The molecule has 0 radical (unpaired) electrons. The van der Waals surface area contributed by atoms with Crippen molar-refractivity contribution in [2.75, 3.05) is 13.2 Å². The molecule has 1 saturated carbocycles. The van der Waals surface area contributed by atoms with Crippen LogP contribution in [0.4, 0.5) is 0 Å². The predicted octanol–water partition coefficient (Wildman–Crippen LogP) is -0.102. The van der Waals surface area contributed by atoms with Gasteiger partial charge in [-0.2, -0.15) is 0 Å². The van der Waals surface area contributed by atoms with E-state index in [9.17, 15) is 4.79 Å². The summed E-state index contributed by atoms with van der Waals surface area (Å²) in [5.41, 5.74) is 5.00. The summed E-state index contributed by atoms with van der Waals surface area (Å²) < 4.78 is 4.75. The van der Waals surface area contributed by atoms with Crippen LogP contribution in [0.25, 0.3) is 0 Å². The van der Waals surface area contributed by atoms with Crippen molar-refractivity contribution < 1.29 is 9.53 Å². The third-order valence-electron chi connectivity index (χ3n) is 1.34.